The molecule has 0 saturated heterocycles. The fourth-order valence-electron chi connectivity index (χ4n) is 3.60. The number of ether oxygens (including phenoxy) is 1. The quantitative estimate of drug-likeness (QED) is 0.194. The van der Waals surface area contributed by atoms with Gasteiger partial charge in [0.25, 0.3) is 21.8 Å². The Morgan fingerprint density at radius 3 is 2.17 bits per heavy atom. The summed E-state index contributed by atoms with van der Waals surface area (Å²) >= 11 is 6.28. The van der Waals surface area contributed by atoms with Crippen molar-refractivity contribution >= 4 is 62.3 Å². The van der Waals surface area contributed by atoms with E-state index >= 15 is 0 Å². The Balaban J connectivity index is 1.38. The van der Waals surface area contributed by atoms with Crippen molar-refractivity contribution in [3.05, 3.63) is 113 Å². The number of carbonyl (C=O) groups is 3. The minimum Gasteiger partial charge on any atom is -0.445 e. The Kier molecular flexibility index (Phi) is 10.3. The molecule has 0 saturated carbocycles. The van der Waals surface area contributed by atoms with Gasteiger partial charge >= 0.3 is 6.09 Å². The maximum absolute atomic E-state index is 13.1. The molecular formula is C28H25N5O6S3. The van der Waals surface area contributed by atoms with Crippen molar-refractivity contribution in [2.45, 2.75) is 24.0 Å². The molecule has 0 aliphatic heterocycles. The summed E-state index contributed by atoms with van der Waals surface area (Å²) in [5.74, 6) is -1.42. The second-order valence-electron chi connectivity index (χ2n) is 8.69. The summed E-state index contributed by atoms with van der Waals surface area (Å²) in [6.07, 6.45) is 0.641. The molecule has 0 fully saturated rings. The molecule has 1 atom stereocenters. The van der Waals surface area contributed by atoms with Gasteiger partial charge in [-0.05, 0) is 47.6 Å². The maximum Gasteiger partial charge on any atom is 0.408 e. The Morgan fingerprint density at radius 2 is 1.55 bits per heavy atom. The first-order valence-electron chi connectivity index (χ1n) is 12.4. The van der Waals surface area contributed by atoms with Gasteiger partial charge in [-0.25, -0.2) is 22.9 Å². The van der Waals surface area contributed by atoms with Gasteiger partial charge in [-0.2, -0.15) is 0 Å². The van der Waals surface area contributed by atoms with E-state index in [1.807, 2.05) is 10.8 Å². The number of anilines is 1. The zero-order valence-corrected chi connectivity index (χ0v) is 24.3. The number of alkyl carbamates (subject to hydrolysis) is 1. The highest BCUT2D eigenvalue weighted by Gasteiger charge is 2.27. The zero-order chi connectivity index (χ0) is 30.0. The topological polar surface area (TPSA) is 156 Å². The van der Waals surface area contributed by atoms with Crippen molar-refractivity contribution in [2.24, 2.45) is 0 Å². The zero-order valence-electron chi connectivity index (χ0n) is 21.9. The van der Waals surface area contributed by atoms with E-state index in [0.717, 1.165) is 16.9 Å². The van der Waals surface area contributed by atoms with Gasteiger partial charge in [0, 0.05) is 23.7 Å². The lowest BCUT2D eigenvalue weighted by atomic mass is 10.1. The SMILES string of the molecule is O=C(N[C@@H](Cc1ccccc1)C(=O)NS(=O)(=O)c1ccc(NC(=S)NC(=O)c2nccs2)cc1)OCc1ccccc1. The Hall–Kier alpha value is -4.66. The van der Waals surface area contributed by atoms with Gasteiger partial charge in [0.2, 0.25) is 0 Å². The number of thiazole rings is 1. The highest BCUT2D eigenvalue weighted by Crippen LogP contribution is 2.15. The van der Waals surface area contributed by atoms with Gasteiger partial charge in [0.15, 0.2) is 10.1 Å². The lowest BCUT2D eigenvalue weighted by Gasteiger charge is -2.19. The van der Waals surface area contributed by atoms with Crippen LogP contribution in [0.25, 0.3) is 0 Å². The third-order valence-electron chi connectivity index (χ3n) is 5.62. The summed E-state index contributed by atoms with van der Waals surface area (Å²) in [4.78, 5) is 41.4. The van der Waals surface area contributed by atoms with Crippen molar-refractivity contribution in [3.8, 4) is 0 Å². The van der Waals surface area contributed by atoms with E-state index in [-0.39, 0.29) is 28.0 Å². The molecule has 4 rings (SSSR count). The number of carbonyl (C=O) groups excluding carboxylic acids is 3. The van der Waals surface area contributed by atoms with E-state index in [1.165, 1.54) is 30.5 Å². The summed E-state index contributed by atoms with van der Waals surface area (Å²) in [7, 11) is -4.31. The van der Waals surface area contributed by atoms with Gasteiger partial charge in [-0.15, -0.1) is 11.3 Å². The minimum atomic E-state index is -4.31. The molecule has 0 bridgehead atoms. The van der Waals surface area contributed by atoms with Crippen LogP contribution >= 0.6 is 23.6 Å². The largest absolute Gasteiger partial charge is 0.445 e. The van der Waals surface area contributed by atoms with Crippen LogP contribution in [0, 0.1) is 0 Å². The molecule has 4 N–H and O–H groups in total. The molecule has 1 aromatic heterocycles. The molecule has 4 aromatic rings. The first-order chi connectivity index (χ1) is 20.2. The third kappa shape index (κ3) is 8.92. The first-order valence-corrected chi connectivity index (χ1v) is 15.2. The summed E-state index contributed by atoms with van der Waals surface area (Å²) in [5, 5.41) is 9.60. The standard InChI is InChI=1S/C28H25N5O6S3/c34-24(23(17-19-7-3-1-4-8-19)31-28(36)39-18-20-9-5-2-6-10-20)33-42(37,38)22-13-11-21(12-14-22)30-27(40)32-25(35)26-29-15-16-41-26/h1-16,23H,17-18H2,(H,31,36)(H,33,34)(H2,30,32,35,40)/t23-/m0/s1. The second kappa shape index (κ2) is 14.3. The van der Waals surface area contributed by atoms with E-state index in [0.29, 0.717) is 11.3 Å². The second-order valence-corrected chi connectivity index (χ2v) is 11.7. The number of aromatic nitrogens is 1. The van der Waals surface area contributed by atoms with Crippen molar-refractivity contribution in [2.75, 3.05) is 5.32 Å². The van der Waals surface area contributed by atoms with Crippen LogP contribution in [0.5, 0.6) is 0 Å². The number of hydrogen-bond donors (Lipinski definition) is 4. The first kappa shape index (κ1) is 30.3. The minimum absolute atomic E-state index is 0.00640. The molecule has 3 aromatic carbocycles. The van der Waals surface area contributed by atoms with Crippen molar-refractivity contribution in [1.29, 1.82) is 0 Å². The van der Waals surface area contributed by atoms with Gasteiger partial charge in [-0.1, -0.05) is 60.7 Å². The van der Waals surface area contributed by atoms with E-state index in [2.05, 4.69) is 20.9 Å². The Bertz CT molecular complexity index is 1630. The molecule has 1 heterocycles. The van der Waals surface area contributed by atoms with Crippen LogP contribution in [0.15, 0.2) is 101 Å². The smallest absolute Gasteiger partial charge is 0.408 e. The predicted molar refractivity (Wildman–Crippen MR) is 161 cm³/mol. The van der Waals surface area contributed by atoms with Crippen LogP contribution in [0.4, 0.5) is 10.5 Å². The van der Waals surface area contributed by atoms with E-state index in [4.69, 9.17) is 17.0 Å². The van der Waals surface area contributed by atoms with Crippen LogP contribution in [0.1, 0.15) is 20.9 Å². The van der Waals surface area contributed by atoms with Crippen LogP contribution in [0.3, 0.4) is 0 Å². The molecule has 0 radical (unpaired) electrons. The highest BCUT2D eigenvalue weighted by molar-refractivity contribution is 7.90. The number of nitrogens with one attached hydrogen (secondary N) is 4. The molecule has 0 aliphatic rings. The van der Waals surface area contributed by atoms with E-state index < -0.39 is 34.0 Å². The number of amides is 3. The maximum atomic E-state index is 13.1. The normalized spacial score (nSPS) is 11.5. The predicted octanol–water partition coefficient (Wildman–Crippen LogP) is 3.61. The number of rotatable bonds is 10. The highest BCUT2D eigenvalue weighted by atomic mass is 32.2. The fourth-order valence-corrected chi connectivity index (χ4v) is 5.36. The fraction of sp³-hybridized carbons (Fsp3) is 0.107. The van der Waals surface area contributed by atoms with Crippen molar-refractivity contribution in [3.63, 3.8) is 0 Å². The average Bonchev–Trinajstić information content (AvgIpc) is 3.52. The van der Waals surface area contributed by atoms with Gasteiger partial charge in [0.1, 0.15) is 12.6 Å². The number of thiocarbonyl (C=S) groups is 1. The van der Waals surface area contributed by atoms with E-state index in [1.54, 1.807) is 60.0 Å². The molecule has 3 amide bonds. The van der Waals surface area contributed by atoms with E-state index in [9.17, 15) is 22.8 Å². The van der Waals surface area contributed by atoms with Crippen LogP contribution in [-0.2, 0) is 32.6 Å². The van der Waals surface area contributed by atoms with Crippen molar-refractivity contribution < 1.29 is 27.5 Å². The average molecular weight is 624 g/mol. The Labute approximate surface area is 251 Å². The number of nitrogens with zero attached hydrogens (tertiary/aromatic N) is 1. The number of sulfonamides is 1. The number of hydrogen-bond acceptors (Lipinski definition) is 9. The summed E-state index contributed by atoms with van der Waals surface area (Å²) < 4.78 is 33.3. The number of benzene rings is 3. The Morgan fingerprint density at radius 1 is 0.905 bits per heavy atom. The molecule has 14 heteroatoms. The third-order valence-corrected chi connectivity index (χ3v) is 7.95. The van der Waals surface area contributed by atoms with Crippen LogP contribution in [-0.4, -0.2) is 42.5 Å². The monoisotopic (exact) mass is 623 g/mol. The molecule has 11 nitrogen and oxygen atoms in total. The molecular weight excluding hydrogens is 599 g/mol. The molecule has 0 spiro atoms. The van der Waals surface area contributed by atoms with Crippen LogP contribution in [0.2, 0.25) is 0 Å². The van der Waals surface area contributed by atoms with Crippen LogP contribution < -0.4 is 20.7 Å². The lowest BCUT2D eigenvalue weighted by Crippen LogP contribution is -2.49. The molecule has 0 aliphatic carbocycles. The van der Waals surface area contributed by atoms with Crippen molar-refractivity contribution in [1.82, 2.24) is 20.3 Å². The van der Waals surface area contributed by atoms with Gasteiger partial charge in [0.05, 0.1) is 4.90 Å². The summed E-state index contributed by atoms with van der Waals surface area (Å²) in [5.41, 5.74) is 1.85. The van der Waals surface area contributed by atoms with Gasteiger partial charge < -0.3 is 15.4 Å². The molecule has 42 heavy (non-hydrogen) atoms. The summed E-state index contributed by atoms with van der Waals surface area (Å²) in [6, 6.07) is 21.9. The lowest BCUT2D eigenvalue weighted by molar-refractivity contribution is -0.121. The molecule has 216 valence electrons. The summed E-state index contributed by atoms with van der Waals surface area (Å²) in [6.45, 7) is -0.0247. The molecule has 0 unspecified atom stereocenters. The van der Waals surface area contributed by atoms with Gasteiger partial charge in [-0.3, -0.25) is 14.9 Å².